The van der Waals surface area contributed by atoms with Crippen molar-refractivity contribution < 1.29 is 51.5 Å². The Morgan fingerprint density at radius 2 is 0.568 bits per heavy atom. The molecule has 0 bridgehead atoms. The third kappa shape index (κ3) is 21.8. The monoisotopic (exact) mass is 2160 g/mol. The second-order valence-corrected chi connectivity index (χ2v) is 89.8. The summed E-state index contributed by atoms with van der Waals surface area (Å²) in [6, 6.07) is 0. The summed E-state index contributed by atoms with van der Waals surface area (Å²) in [5, 5.41) is 48.3. The van der Waals surface area contributed by atoms with Gasteiger partial charge in [-0.2, -0.15) is 10.2 Å². The van der Waals surface area contributed by atoms with Crippen LogP contribution in [0.25, 0.3) is 0 Å². The molecule has 19 unspecified atom stereocenters. The van der Waals surface area contributed by atoms with Crippen molar-refractivity contribution in [1.82, 2.24) is 20.4 Å². The predicted octanol–water partition coefficient (Wildman–Crippen LogP) is 35.2. The van der Waals surface area contributed by atoms with Crippen molar-refractivity contribution >= 4 is 61.5 Å². The smallest absolute Gasteiger partial charge is 0.192 e. The number of aromatic amines is 2. The number of carbonyl (C=O) groups excluding carboxylic acids is 2. The highest BCUT2D eigenvalue weighted by molar-refractivity contribution is 6.76. The molecule has 14 fully saturated rings. The molecule has 14 saturated carbocycles. The molecule has 5 N–H and O–H groups in total. The van der Waals surface area contributed by atoms with Gasteiger partial charge in [-0.3, -0.25) is 19.8 Å². The number of aliphatic hydroxyl groups is 3. The van der Waals surface area contributed by atoms with Crippen LogP contribution in [0, 0.1) is 138 Å². The van der Waals surface area contributed by atoms with Crippen LogP contribution in [-0.4, -0.2) is 146 Å². The molecule has 148 heavy (non-hydrogen) atoms. The minimum Gasteiger partial charge on any atom is -0.515 e. The molecule has 0 radical (unpaired) electrons. The van der Waals surface area contributed by atoms with Crippen molar-refractivity contribution in [3.63, 3.8) is 0 Å². The maximum atomic E-state index is 13.4. The Balaban J connectivity index is 0.000000265. The summed E-state index contributed by atoms with van der Waals surface area (Å²) in [5.41, 5.74) is 12.6. The third-order valence-electron chi connectivity index (χ3n) is 48.3. The summed E-state index contributed by atoms with van der Waals surface area (Å²) >= 11 is 0. The van der Waals surface area contributed by atoms with E-state index in [0.29, 0.717) is 102 Å². The maximum Gasteiger partial charge on any atom is 0.192 e. The maximum absolute atomic E-state index is 13.4. The topological polar surface area (TPSA) is 208 Å². The molecule has 2 aromatic rings. The SMILES string of the molecule is C.C.C.C.C.C.C.C.C=C1CCC2C3C(CC[C@]12C)[C@@]1(C)Cc2cn[nH]c2CC1[C@@H](O)[C@@H]3O.C=C1CCC2C3C(O[Si](C)(C)C(C)(C)C)[C@H](O[Si](C)(C)C(C)(C)C)C4CC(=O)/C(=C/O)C[C@]4(C)C3CC[C@]12C.C=C1CCC2C3C(O[Si](C)(C)C(C)(C)C)[C@H](O[Si](C)(C)C(C)(C)C)C4CC(=O)CC[C@]4(C)C3CC[C@]12C.C=C1CCC2C3C(O[Si](C)(C)C(C)(C)C)[C@H](O[Si](C)(C)C(C)(C)C)C4Cc5[nH]ncc5C[C@]4(C)C3CC[C@]12C. The molecular weight excluding hydrogens is 1930 g/mol. The van der Waals surface area contributed by atoms with Crippen LogP contribution in [0.1, 0.15) is 397 Å². The highest BCUT2D eigenvalue weighted by atomic mass is 28.4. The van der Waals surface area contributed by atoms with Crippen LogP contribution in [0.5, 0.6) is 0 Å². The molecule has 2 aromatic heterocycles. The third-order valence-corrected chi connectivity index (χ3v) is 75.1. The molecule has 0 aromatic carbocycles. The fourth-order valence-electron chi connectivity index (χ4n) is 32.6. The predicted molar refractivity (Wildman–Crippen MR) is 645 cm³/mol. The number of nitrogens with one attached hydrogen (secondary N) is 2. The largest absolute Gasteiger partial charge is 0.515 e. The first kappa shape index (κ1) is 132. The van der Waals surface area contributed by atoms with E-state index in [0.717, 1.165) is 95.4 Å². The summed E-state index contributed by atoms with van der Waals surface area (Å²) in [7, 11) is -12.7. The minimum absolute atomic E-state index is 0. The first-order valence-corrected chi connectivity index (χ1v) is 73.9. The van der Waals surface area contributed by atoms with Gasteiger partial charge in [0.05, 0.1) is 67.5 Å². The van der Waals surface area contributed by atoms with E-state index in [-0.39, 0.29) is 199 Å². The normalized spacial score (nSPS) is 40.1. The minimum atomic E-state index is -2.19. The lowest BCUT2D eigenvalue weighted by molar-refractivity contribution is -0.201. The van der Waals surface area contributed by atoms with E-state index < -0.39 is 62.1 Å². The Morgan fingerprint density at radius 3 is 0.865 bits per heavy atom. The number of aromatic nitrogens is 4. The van der Waals surface area contributed by atoms with Gasteiger partial charge in [0.1, 0.15) is 5.78 Å². The lowest BCUT2D eigenvalue weighted by atomic mass is 9.43. The lowest BCUT2D eigenvalue weighted by Gasteiger charge is -2.66. The van der Waals surface area contributed by atoms with Crippen molar-refractivity contribution in [3.05, 3.63) is 95.4 Å². The number of fused-ring (bicyclic) bond motifs is 22. The van der Waals surface area contributed by atoms with Crippen LogP contribution < -0.4 is 0 Å². The summed E-state index contributed by atoms with van der Waals surface area (Å²) in [6.45, 7) is 109. The molecule has 0 amide bonds. The molecule has 32 atom stereocenters. The average molecular weight is 2160 g/mol. The van der Waals surface area contributed by atoms with Crippen LogP contribution in [0.4, 0.5) is 0 Å². The van der Waals surface area contributed by atoms with E-state index >= 15 is 0 Å². The van der Waals surface area contributed by atoms with Crippen LogP contribution in [0.15, 0.2) is 72.8 Å². The quantitative estimate of drug-likeness (QED) is 0.0581. The van der Waals surface area contributed by atoms with E-state index in [2.05, 4.69) is 311 Å². The molecule has 21 heteroatoms. The van der Waals surface area contributed by atoms with Gasteiger partial charge in [-0.05, 0) is 399 Å². The molecule has 0 saturated heterocycles. The molecule has 16 aliphatic carbocycles. The van der Waals surface area contributed by atoms with E-state index in [9.17, 15) is 24.9 Å². The molecule has 0 spiro atoms. The number of rotatable bonds is 12. The number of H-pyrrole nitrogens is 2. The first-order valence-electron chi connectivity index (χ1n) is 56.4. The van der Waals surface area contributed by atoms with Gasteiger partial charge in [0.15, 0.2) is 55.7 Å². The lowest BCUT2D eigenvalue weighted by Crippen LogP contribution is -2.68. The Bertz CT molecular complexity index is 5020. The highest BCUT2D eigenvalue weighted by Crippen LogP contribution is 2.75. The van der Waals surface area contributed by atoms with Gasteiger partial charge in [0.2, 0.25) is 0 Å². The zero-order chi connectivity index (χ0) is 104. The van der Waals surface area contributed by atoms with Gasteiger partial charge in [0, 0.05) is 36.2 Å². The number of ketones is 2. The molecule has 15 nitrogen and oxygen atoms in total. The fourth-order valence-corrected chi connectivity index (χ4v) is 40.6. The molecule has 0 aliphatic heterocycles. The molecule has 2 heterocycles. The van der Waals surface area contributed by atoms with E-state index in [1.54, 1.807) is 0 Å². The number of Topliss-reactive ketones (excluding diaryl/α,β-unsaturated/α-hetero) is 2. The van der Waals surface area contributed by atoms with Crippen LogP contribution in [-0.2, 0) is 61.8 Å². The Hall–Kier alpha value is -2.76. The van der Waals surface area contributed by atoms with Crippen molar-refractivity contribution in [2.45, 2.75) is 558 Å². The summed E-state index contributed by atoms with van der Waals surface area (Å²) < 4.78 is 45.6. The standard InChI is InChI=1S/C33H58N2O2Si2.C33H58O4Si2.C32H58O3Si2.C21H30N2O2.8CH4/c1-21-14-15-23-27-24(16-17-32(21,23)8)33(9)19-22-20-34-35-26(22)18-25(33)28(36-38(10,11)30(2,3)4)29(27)37-39(12,13)31(5,6)7;1-21-14-15-23-27-24(16-17-32(21,23)8)33(9)19-22(20-34)26(35)18-25(33)28(36-38(10,11)30(2,3)4)29(27)37-39(12,13)31(5,6)7;1-21-14-15-23-26-24(17-19-31(21,23)8)32(9)18-16-22(33)20-25(32)27(34-36(10,11)29(2,3)4)28(26)35-37(12,13)30(5,6)7;1-11-4-5-13-17-14(6-7-20(11,13)2)21(3)9-12-10-22-23-16(12)8-15(21)18(24)19(17)25;;;;;;;;/h20,23-25,27-29H,1,14-19H2,2-13H3,(H,34,35);20,23-25,27-29,34H,1,14-19H2,2-13H3;23-28H,1,14-20H2,2-13H3;10,13-15,17-19,24-25H,1,4-9H2,2-3H3,(H,22,23);8*1H4/b;22-20+;;;;;;;;;;/t2*23?,24?,25?,27?,28-,29?,32-,33-;23?,24?,25?,26?,27-,28?,31-,32-;13?,14?,15?,17?,18-,19-,20-,21-;;;;;;;;/m1111......../s1. The van der Waals surface area contributed by atoms with Gasteiger partial charge in [-0.1, -0.05) is 288 Å². The molecular formula is C127H236N4O11Si6. The first-order chi connectivity index (χ1) is 63.8. The van der Waals surface area contributed by atoms with Crippen LogP contribution >= 0.6 is 0 Å². The number of allylic oxidation sites excluding steroid dienone is 5. The van der Waals surface area contributed by atoms with Gasteiger partial charge in [0.25, 0.3) is 0 Å². The molecule has 854 valence electrons. The number of hydrogen-bond donors (Lipinski definition) is 5. The van der Waals surface area contributed by atoms with E-state index in [1.165, 1.54) is 96.9 Å². The highest BCUT2D eigenvalue weighted by Gasteiger charge is 2.73. The van der Waals surface area contributed by atoms with Crippen LogP contribution in [0.3, 0.4) is 0 Å². The number of aliphatic hydroxyl groups excluding tert-OH is 3. The Kier molecular flexibility index (Phi) is 39.0. The van der Waals surface area contributed by atoms with Gasteiger partial charge in [-0.25, -0.2) is 0 Å². The zero-order valence-electron chi connectivity index (χ0n) is 96.1. The Labute approximate surface area is 917 Å². The zero-order valence-corrected chi connectivity index (χ0v) is 102. The van der Waals surface area contributed by atoms with Crippen molar-refractivity contribution in [2.75, 3.05) is 0 Å². The summed E-state index contributed by atoms with van der Waals surface area (Å²) in [4.78, 5) is 26.5. The van der Waals surface area contributed by atoms with Gasteiger partial charge >= 0.3 is 0 Å². The summed E-state index contributed by atoms with van der Waals surface area (Å²) in [5.74, 6) is 7.35. The fraction of sp³-hybridized carbons (Fsp3) is 0.858. The second kappa shape index (κ2) is 43.7. The van der Waals surface area contributed by atoms with E-state index in [1.807, 2.05) is 6.20 Å². The van der Waals surface area contributed by atoms with Crippen molar-refractivity contribution in [1.29, 1.82) is 0 Å². The number of carbonyl (C=O) groups is 2. The van der Waals surface area contributed by atoms with Crippen LogP contribution in [0.2, 0.25) is 109 Å². The Morgan fingerprint density at radius 1 is 0.318 bits per heavy atom. The number of hydrogen-bond acceptors (Lipinski definition) is 13. The number of nitrogens with zero attached hydrogens (tertiary/aromatic N) is 2. The molecule has 16 aliphatic rings. The van der Waals surface area contributed by atoms with Gasteiger partial charge in [-0.15, -0.1) is 0 Å². The van der Waals surface area contributed by atoms with Crippen molar-refractivity contribution in [2.24, 2.45) is 138 Å². The second-order valence-electron chi connectivity index (χ2n) is 61.3. The summed E-state index contributed by atoms with van der Waals surface area (Å²) in [6.07, 6.45) is 30.5. The van der Waals surface area contributed by atoms with E-state index in [4.69, 9.17) is 26.6 Å². The average Bonchev–Trinajstić information content (AvgIpc) is 1.38. The van der Waals surface area contributed by atoms with Crippen molar-refractivity contribution in [3.8, 4) is 0 Å². The molecule has 18 rings (SSSR count). The van der Waals surface area contributed by atoms with Gasteiger partial charge < -0.3 is 41.9 Å².